The highest BCUT2D eigenvalue weighted by Crippen LogP contribution is 2.17. The fourth-order valence-corrected chi connectivity index (χ4v) is 1.96. The van der Waals surface area contributed by atoms with Gasteiger partial charge < -0.3 is 9.64 Å². The number of anilines is 1. The van der Waals surface area contributed by atoms with Crippen LogP contribution >= 0.6 is 11.6 Å². The van der Waals surface area contributed by atoms with Crippen LogP contribution in [-0.4, -0.2) is 41.1 Å². The number of hydrogen-bond acceptors (Lipinski definition) is 4. The van der Waals surface area contributed by atoms with E-state index in [-0.39, 0.29) is 12.2 Å². The summed E-state index contributed by atoms with van der Waals surface area (Å²) < 4.78 is 5.67. The molecule has 2 heterocycles. The van der Waals surface area contributed by atoms with Crippen LogP contribution in [0.25, 0.3) is 0 Å². The SMILES string of the molecule is CC1CN(c2ccncn2)CC(CCl)O1. The lowest BCUT2D eigenvalue weighted by Gasteiger charge is -2.36. The predicted molar refractivity (Wildman–Crippen MR) is 59.3 cm³/mol. The lowest BCUT2D eigenvalue weighted by atomic mass is 10.2. The van der Waals surface area contributed by atoms with Crippen LogP contribution in [0.2, 0.25) is 0 Å². The average Bonchev–Trinajstić information content (AvgIpc) is 2.29. The normalized spacial score (nSPS) is 26.7. The quantitative estimate of drug-likeness (QED) is 0.715. The Bertz CT molecular complexity index is 309. The number of morpholine rings is 1. The van der Waals surface area contributed by atoms with Crippen molar-refractivity contribution in [3.05, 3.63) is 18.6 Å². The molecule has 2 unspecified atom stereocenters. The van der Waals surface area contributed by atoms with Gasteiger partial charge in [0.1, 0.15) is 12.1 Å². The Labute approximate surface area is 94.2 Å². The summed E-state index contributed by atoms with van der Waals surface area (Å²) >= 11 is 5.81. The molecule has 0 bridgehead atoms. The fraction of sp³-hybridized carbons (Fsp3) is 0.600. The van der Waals surface area contributed by atoms with Crippen molar-refractivity contribution in [1.29, 1.82) is 0 Å². The molecule has 5 heteroatoms. The van der Waals surface area contributed by atoms with Gasteiger partial charge in [-0.1, -0.05) is 0 Å². The first-order valence-corrected chi connectivity index (χ1v) is 5.55. The van der Waals surface area contributed by atoms with Crippen LogP contribution in [0.4, 0.5) is 5.82 Å². The van der Waals surface area contributed by atoms with Crippen LogP contribution in [-0.2, 0) is 4.74 Å². The van der Waals surface area contributed by atoms with Gasteiger partial charge in [0.15, 0.2) is 0 Å². The molecule has 0 spiro atoms. The second-order valence-corrected chi connectivity index (χ2v) is 4.00. The van der Waals surface area contributed by atoms with Gasteiger partial charge in [-0.2, -0.15) is 0 Å². The number of rotatable bonds is 2. The molecule has 0 saturated carbocycles. The molecule has 1 aromatic rings. The molecule has 1 aliphatic rings. The van der Waals surface area contributed by atoms with Gasteiger partial charge in [-0.25, -0.2) is 9.97 Å². The molecule has 0 amide bonds. The number of alkyl halides is 1. The van der Waals surface area contributed by atoms with Gasteiger partial charge in [0.05, 0.1) is 18.1 Å². The summed E-state index contributed by atoms with van der Waals surface area (Å²) in [4.78, 5) is 10.3. The smallest absolute Gasteiger partial charge is 0.132 e. The van der Waals surface area contributed by atoms with Crippen molar-refractivity contribution >= 4 is 17.4 Å². The zero-order valence-electron chi connectivity index (χ0n) is 8.64. The Balaban J connectivity index is 2.09. The van der Waals surface area contributed by atoms with E-state index in [0.29, 0.717) is 5.88 Å². The zero-order valence-corrected chi connectivity index (χ0v) is 9.39. The summed E-state index contributed by atoms with van der Waals surface area (Å²) in [6.07, 6.45) is 3.59. The Kier molecular flexibility index (Phi) is 3.38. The molecular weight excluding hydrogens is 214 g/mol. The van der Waals surface area contributed by atoms with Crippen molar-refractivity contribution < 1.29 is 4.74 Å². The van der Waals surface area contributed by atoms with Gasteiger partial charge in [0, 0.05) is 19.3 Å². The number of aromatic nitrogens is 2. The predicted octanol–water partition coefficient (Wildman–Crippen LogP) is 1.31. The second-order valence-electron chi connectivity index (χ2n) is 3.70. The number of hydrogen-bond donors (Lipinski definition) is 0. The van der Waals surface area contributed by atoms with Crippen molar-refractivity contribution in [2.75, 3.05) is 23.9 Å². The van der Waals surface area contributed by atoms with Crippen LogP contribution in [0.5, 0.6) is 0 Å². The van der Waals surface area contributed by atoms with Crippen molar-refractivity contribution in [2.24, 2.45) is 0 Å². The molecular formula is C10H14ClN3O. The van der Waals surface area contributed by atoms with Gasteiger partial charge in [-0.15, -0.1) is 11.6 Å². The summed E-state index contributed by atoms with van der Waals surface area (Å²) in [5, 5.41) is 0. The highest BCUT2D eigenvalue weighted by atomic mass is 35.5. The Morgan fingerprint density at radius 2 is 2.47 bits per heavy atom. The number of nitrogens with zero attached hydrogens (tertiary/aromatic N) is 3. The monoisotopic (exact) mass is 227 g/mol. The third-order valence-corrected chi connectivity index (χ3v) is 2.73. The molecule has 4 nitrogen and oxygen atoms in total. The molecule has 2 rings (SSSR count). The van der Waals surface area contributed by atoms with Gasteiger partial charge in [0.2, 0.25) is 0 Å². The van der Waals surface area contributed by atoms with Gasteiger partial charge in [-0.3, -0.25) is 0 Å². The first kappa shape index (κ1) is 10.6. The minimum absolute atomic E-state index is 0.0883. The molecule has 0 N–H and O–H groups in total. The molecule has 0 aliphatic carbocycles. The Morgan fingerprint density at radius 1 is 1.60 bits per heavy atom. The molecule has 0 aromatic carbocycles. The van der Waals surface area contributed by atoms with E-state index < -0.39 is 0 Å². The largest absolute Gasteiger partial charge is 0.370 e. The molecule has 0 radical (unpaired) electrons. The van der Waals surface area contributed by atoms with E-state index in [2.05, 4.69) is 14.9 Å². The summed E-state index contributed by atoms with van der Waals surface area (Å²) in [6.45, 7) is 3.70. The molecule has 2 atom stereocenters. The number of halogens is 1. The highest BCUT2D eigenvalue weighted by molar-refractivity contribution is 6.18. The van der Waals surface area contributed by atoms with Crippen molar-refractivity contribution in [3.63, 3.8) is 0 Å². The van der Waals surface area contributed by atoms with Crippen molar-refractivity contribution in [3.8, 4) is 0 Å². The lowest BCUT2D eigenvalue weighted by molar-refractivity contribution is -0.00357. The maximum Gasteiger partial charge on any atom is 0.132 e. The standard InChI is InChI=1S/C10H14ClN3O/c1-8-5-14(6-9(4-11)15-8)10-2-3-12-7-13-10/h2-3,7-9H,4-6H2,1H3. The zero-order chi connectivity index (χ0) is 10.7. The van der Waals surface area contributed by atoms with Crippen LogP contribution in [0, 0.1) is 0 Å². The van der Waals surface area contributed by atoms with Crippen LogP contribution < -0.4 is 4.90 Å². The molecule has 1 aliphatic heterocycles. The number of ether oxygens (including phenoxy) is 1. The van der Waals surface area contributed by atoms with E-state index in [9.17, 15) is 0 Å². The van der Waals surface area contributed by atoms with Crippen LogP contribution in [0.1, 0.15) is 6.92 Å². The molecule has 82 valence electrons. The lowest BCUT2D eigenvalue weighted by Crippen LogP contribution is -2.47. The third-order valence-electron chi connectivity index (χ3n) is 2.39. The maximum absolute atomic E-state index is 5.81. The minimum Gasteiger partial charge on any atom is -0.370 e. The maximum atomic E-state index is 5.81. The molecule has 15 heavy (non-hydrogen) atoms. The van der Waals surface area contributed by atoms with E-state index in [4.69, 9.17) is 16.3 Å². The fourth-order valence-electron chi connectivity index (χ4n) is 1.79. The Hall–Kier alpha value is -0.870. The summed E-state index contributed by atoms with van der Waals surface area (Å²) in [5.41, 5.74) is 0. The van der Waals surface area contributed by atoms with E-state index in [1.807, 2.05) is 13.0 Å². The topological polar surface area (TPSA) is 38.2 Å². The molecule has 1 saturated heterocycles. The average molecular weight is 228 g/mol. The van der Waals surface area contributed by atoms with E-state index in [1.54, 1.807) is 12.5 Å². The van der Waals surface area contributed by atoms with Crippen molar-refractivity contribution in [1.82, 2.24) is 9.97 Å². The van der Waals surface area contributed by atoms with Gasteiger partial charge >= 0.3 is 0 Å². The highest BCUT2D eigenvalue weighted by Gasteiger charge is 2.25. The summed E-state index contributed by atoms with van der Waals surface area (Å²) in [7, 11) is 0. The van der Waals surface area contributed by atoms with Gasteiger partial charge in [-0.05, 0) is 13.0 Å². The first-order chi connectivity index (χ1) is 7.29. The minimum atomic E-state index is 0.0883. The van der Waals surface area contributed by atoms with Crippen LogP contribution in [0.3, 0.4) is 0 Å². The summed E-state index contributed by atoms with van der Waals surface area (Å²) in [5.74, 6) is 1.46. The molecule has 1 aromatic heterocycles. The van der Waals surface area contributed by atoms with Crippen molar-refractivity contribution in [2.45, 2.75) is 19.1 Å². The Morgan fingerprint density at radius 3 is 3.13 bits per heavy atom. The van der Waals surface area contributed by atoms with E-state index in [1.165, 1.54) is 0 Å². The molecule has 1 fully saturated rings. The van der Waals surface area contributed by atoms with Crippen LogP contribution in [0.15, 0.2) is 18.6 Å². The second kappa shape index (κ2) is 4.77. The van der Waals surface area contributed by atoms with Gasteiger partial charge in [0.25, 0.3) is 0 Å². The van der Waals surface area contributed by atoms with E-state index in [0.717, 1.165) is 18.9 Å². The third kappa shape index (κ3) is 2.58. The van der Waals surface area contributed by atoms with E-state index >= 15 is 0 Å². The first-order valence-electron chi connectivity index (χ1n) is 5.02. The summed E-state index contributed by atoms with van der Waals surface area (Å²) in [6, 6.07) is 1.91.